The van der Waals surface area contributed by atoms with Crippen molar-refractivity contribution in [2.24, 2.45) is 0 Å². The summed E-state index contributed by atoms with van der Waals surface area (Å²) in [5.74, 6) is 1.14. The molecule has 0 radical (unpaired) electrons. The first kappa shape index (κ1) is 16.4. The van der Waals surface area contributed by atoms with Gasteiger partial charge in [-0.05, 0) is 24.6 Å². The van der Waals surface area contributed by atoms with Gasteiger partial charge in [-0.25, -0.2) is 14.6 Å². The summed E-state index contributed by atoms with van der Waals surface area (Å²) < 4.78 is 6.92. The minimum atomic E-state index is 0.531. The van der Waals surface area contributed by atoms with Gasteiger partial charge in [0.05, 0.1) is 35.4 Å². The minimum absolute atomic E-state index is 0.531. The molecule has 0 N–H and O–H groups in total. The fraction of sp³-hybridized carbons (Fsp3) is 0.294. The maximum atomic E-state index is 6.24. The molecule has 0 bridgehead atoms. The first-order valence-electron chi connectivity index (χ1n) is 7.75. The van der Waals surface area contributed by atoms with Gasteiger partial charge in [0, 0.05) is 18.8 Å². The highest BCUT2D eigenvalue weighted by molar-refractivity contribution is 6.32. The van der Waals surface area contributed by atoms with Crippen molar-refractivity contribution in [1.29, 1.82) is 0 Å². The van der Waals surface area contributed by atoms with Gasteiger partial charge < -0.3 is 4.74 Å². The van der Waals surface area contributed by atoms with E-state index in [0.717, 1.165) is 29.9 Å². The molecule has 0 aliphatic rings. The Morgan fingerprint density at radius 1 is 1.17 bits per heavy atom. The van der Waals surface area contributed by atoms with Crippen LogP contribution < -0.4 is 4.74 Å². The van der Waals surface area contributed by atoms with Crippen LogP contribution in [0, 0.1) is 0 Å². The van der Waals surface area contributed by atoms with Crippen LogP contribution in [0.4, 0.5) is 0 Å². The van der Waals surface area contributed by atoms with E-state index in [1.807, 2.05) is 6.07 Å². The first-order chi connectivity index (χ1) is 11.7. The Kier molecular flexibility index (Phi) is 5.05. The number of pyridine rings is 1. The zero-order valence-electron chi connectivity index (χ0n) is 13.6. The van der Waals surface area contributed by atoms with Gasteiger partial charge in [-0.15, -0.1) is 0 Å². The highest BCUT2D eigenvalue weighted by Crippen LogP contribution is 2.21. The van der Waals surface area contributed by atoms with Crippen molar-refractivity contribution in [3.05, 3.63) is 58.9 Å². The second kappa shape index (κ2) is 7.40. The van der Waals surface area contributed by atoms with Crippen LogP contribution in [0.1, 0.15) is 30.4 Å². The molecule has 7 heteroatoms. The van der Waals surface area contributed by atoms with Crippen molar-refractivity contribution in [2.45, 2.75) is 26.2 Å². The molecule has 6 nitrogen and oxygen atoms in total. The number of aromatic nitrogens is 5. The quantitative estimate of drug-likeness (QED) is 0.687. The normalized spacial score (nSPS) is 10.8. The Bertz CT molecular complexity index is 833. The molecular formula is C17H18ClN5O. The molecule has 124 valence electrons. The van der Waals surface area contributed by atoms with Crippen molar-refractivity contribution < 1.29 is 4.74 Å². The molecule has 0 fully saturated rings. The lowest BCUT2D eigenvalue weighted by Crippen LogP contribution is -2.09. The molecular weight excluding hydrogens is 326 g/mol. The predicted molar refractivity (Wildman–Crippen MR) is 91.8 cm³/mol. The largest absolute Gasteiger partial charge is 0.480 e. The number of nitrogens with zero attached hydrogens (tertiary/aromatic N) is 5. The molecule has 0 aliphatic carbocycles. The summed E-state index contributed by atoms with van der Waals surface area (Å²) >= 11 is 6.24. The Balaban J connectivity index is 1.96. The number of halogens is 1. The van der Waals surface area contributed by atoms with E-state index in [-0.39, 0.29) is 0 Å². The van der Waals surface area contributed by atoms with Gasteiger partial charge >= 0.3 is 0 Å². The van der Waals surface area contributed by atoms with E-state index in [2.05, 4.69) is 27.0 Å². The average molecular weight is 344 g/mol. The number of rotatable bonds is 6. The van der Waals surface area contributed by atoms with Crippen molar-refractivity contribution in [3.8, 4) is 11.7 Å². The zero-order chi connectivity index (χ0) is 16.9. The second-order valence-electron chi connectivity index (χ2n) is 5.28. The number of ether oxygens (including phenoxy) is 1. The maximum Gasteiger partial charge on any atom is 0.232 e. The SMILES string of the molecule is CCCc1nc(OC)cnc1Cc1ccnn1-c1ncccc1Cl. The van der Waals surface area contributed by atoms with Gasteiger partial charge in [0.1, 0.15) is 0 Å². The van der Waals surface area contributed by atoms with Crippen LogP contribution >= 0.6 is 11.6 Å². The molecule has 0 aliphatic heterocycles. The highest BCUT2D eigenvalue weighted by atomic mass is 35.5. The number of methoxy groups -OCH3 is 1. The van der Waals surface area contributed by atoms with E-state index in [1.54, 1.807) is 42.5 Å². The van der Waals surface area contributed by atoms with E-state index in [9.17, 15) is 0 Å². The fourth-order valence-corrected chi connectivity index (χ4v) is 2.68. The summed E-state index contributed by atoms with van der Waals surface area (Å²) in [5.41, 5.74) is 2.80. The van der Waals surface area contributed by atoms with Crippen molar-refractivity contribution >= 4 is 11.6 Å². The monoisotopic (exact) mass is 343 g/mol. The molecule has 24 heavy (non-hydrogen) atoms. The Hall–Kier alpha value is -2.47. The van der Waals surface area contributed by atoms with Gasteiger partial charge in [-0.1, -0.05) is 24.9 Å². The fourth-order valence-electron chi connectivity index (χ4n) is 2.48. The molecule has 0 amide bonds. The van der Waals surface area contributed by atoms with E-state index in [4.69, 9.17) is 16.3 Å². The molecule has 0 unspecified atom stereocenters. The topological polar surface area (TPSA) is 65.7 Å². The second-order valence-corrected chi connectivity index (χ2v) is 5.68. The molecule has 3 rings (SSSR count). The third kappa shape index (κ3) is 3.38. The third-order valence-corrected chi connectivity index (χ3v) is 3.91. The lowest BCUT2D eigenvalue weighted by Gasteiger charge is -2.11. The molecule has 3 heterocycles. The van der Waals surface area contributed by atoms with Gasteiger partial charge in [-0.2, -0.15) is 5.10 Å². The molecule has 0 saturated carbocycles. The van der Waals surface area contributed by atoms with Gasteiger partial charge in [0.15, 0.2) is 5.82 Å². The third-order valence-electron chi connectivity index (χ3n) is 3.61. The van der Waals surface area contributed by atoms with E-state index in [0.29, 0.717) is 23.1 Å². The average Bonchev–Trinajstić information content (AvgIpc) is 3.05. The van der Waals surface area contributed by atoms with Crippen LogP contribution in [0.15, 0.2) is 36.8 Å². The standard InChI is InChI=1S/C17H18ClN5O/c1-3-5-14-15(20-11-16(22-14)24-2)10-12-7-9-21-23(12)17-13(18)6-4-8-19-17/h4,6-9,11H,3,5,10H2,1-2H3. The highest BCUT2D eigenvalue weighted by Gasteiger charge is 2.14. The van der Waals surface area contributed by atoms with E-state index >= 15 is 0 Å². The van der Waals surface area contributed by atoms with Crippen LogP contribution in [0.5, 0.6) is 5.88 Å². The van der Waals surface area contributed by atoms with Crippen LogP contribution in [0.3, 0.4) is 0 Å². The lowest BCUT2D eigenvalue weighted by atomic mass is 10.1. The molecule has 0 saturated heterocycles. The molecule has 3 aromatic heterocycles. The zero-order valence-corrected chi connectivity index (χ0v) is 14.4. The summed E-state index contributed by atoms with van der Waals surface area (Å²) in [7, 11) is 1.59. The van der Waals surface area contributed by atoms with Crippen LogP contribution in [-0.4, -0.2) is 31.8 Å². The number of hydrogen-bond acceptors (Lipinski definition) is 5. The van der Waals surface area contributed by atoms with E-state index in [1.165, 1.54) is 0 Å². The Labute approximate surface area is 145 Å². The minimum Gasteiger partial charge on any atom is -0.480 e. The summed E-state index contributed by atoms with van der Waals surface area (Å²) in [6.45, 7) is 2.11. The van der Waals surface area contributed by atoms with Crippen molar-refractivity contribution in [1.82, 2.24) is 24.7 Å². The smallest absolute Gasteiger partial charge is 0.232 e. The number of aryl methyl sites for hydroxylation is 1. The van der Waals surface area contributed by atoms with Gasteiger partial charge in [0.2, 0.25) is 5.88 Å². The molecule has 0 aromatic carbocycles. The first-order valence-corrected chi connectivity index (χ1v) is 8.13. The summed E-state index contributed by atoms with van der Waals surface area (Å²) in [6, 6.07) is 5.53. The summed E-state index contributed by atoms with van der Waals surface area (Å²) in [4.78, 5) is 13.4. The molecule has 0 atom stereocenters. The van der Waals surface area contributed by atoms with Gasteiger partial charge in [0.25, 0.3) is 0 Å². The van der Waals surface area contributed by atoms with Crippen LogP contribution in [0.2, 0.25) is 5.02 Å². The predicted octanol–water partition coefficient (Wildman–Crippen LogP) is 3.26. The summed E-state index contributed by atoms with van der Waals surface area (Å²) in [5, 5.41) is 4.90. The van der Waals surface area contributed by atoms with Crippen molar-refractivity contribution in [2.75, 3.05) is 7.11 Å². The van der Waals surface area contributed by atoms with Crippen LogP contribution in [-0.2, 0) is 12.8 Å². The number of hydrogen-bond donors (Lipinski definition) is 0. The lowest BCUT2D eigenvalue weighted by molar-refractivity contribution is 0.393. The van der Waals surface area contributed by atoms with Crippen LogP contribution in [0.25, 0.3) is 5.82 Å². The Morgan fingerprint density at radius 2 is 2.04 bits per heavy atom. The van der Waals surface area contributed by atoms with E-state index < -0.39 is 0 Å². The Morgan fingerprint density at radius 3 is 2.79 bits per heavy atom. The van der Waals surface area contributed by atoms with Gasteiger partial charge in [-0.3, -0.25) is 4.98 Å². The molecule has 0 spiro atoms. The summed E-state index contributed by atoms with van der Waals surface area (Å²) in [6.07, 6.45) is 7.50. The maximum absolute atomic E-state index is 6.24. The van der Waals surface area contributed by atoms with Crippen molar-refractivity contribution in [3.63, 3.8) is 0 Å². The molecule has 3 aromatic rings.